The Kier molecular flexibility index (Phi) is 5.00. The fraction of sp³-hybridized carbons (Fsp3) is 0.100. The number of rotatable bonds is 5. The van der Waals surface area contributed by atoms with Crippen molar-refractivity contribution in [2.45, 2.75) is 12.8 Å². The minimum Gasteiger partial charge on any atom is -0.481 e. The summed E-state index contributed by atoms with van der Waals surface area (Å²) in [7, 11) is 0. The number of aryl methyl sites for hydroxylation is 1. The standard InChI is InChI=1S/C20H17ClN2O2/c21-17-8-6-15(7-9-17)18-11-16(12-23-20(18)22)14-4-1-13(2-5-14)3-10-19(24)25/h1-2,4-9,11-12H,3,10H2,(H2,22,23)(H,24,25). The first-order valence-corrected chi connectivity index (χ1v) is 8.23. The Morgan fingerprint density at radius 2 is 1.64 bits per heavy atom. The Morgan fingerprint density at radius 3 is 2.28 bits per heavy atom. The van der Waals surface area contributed by atoms with Crippen molar-refractivity contribution < 1.29 is 9.90 Å². The minimum absolute atomic E-state index is 0.128. The average molecular weight is 353 g/mol. The normalized spacial score (nSPS) is 10.6. The third kappa shape index (κ3) is 4.17. The molecule has 0 amide bonds. The summed E-state index contributed by atoms with van der Waals surface area (Å²) < 4.78 is 0. The minimum atomic E-state index is -0.792. The number of carbonyl (C=O) groups is 1. The zero-order valence-electron chi connectivity index (χ0n) is 13.4. The van der Waals surface area contributed by atoms with Gasteiger partial charge in [0.05, 0.1) is 0 Å². The number of aromatic nitrogens is 1. The Balaban J connectivity index is 1.89. The molecular weight excluding hydrogens is 336 g/mol. The van der Waals surface area contributed by atoms with E-state index in [2.05, 4.69) is 4.98 Å². The molecule has 5 heteroatoms. The number of anilines is 1. The zero-order valence-corrected chi connectivity index (χ0v) is 14.2. The second kappa shape index (κ2) is 7.36. The molecule has 1 heterocycles. The lowest BCUT2D eigenvalue weighted by molar-refractivity contribution is -0.136. The van der Waals surface area contributed by atoms with E-state index in [1.54, 1.807) is 6.20 Å². The van der Waals surface area contributed by atoms with E-state index in [0.717, 1.165) is 27.8 Å². The Morgan fingerprint density at radius 1 is 1.00 bits per heavy atom. The number of halogens is 1. The Bertz CT molecular complexity index is 891. The van der Waals surface area contributed by atoms with Gasteiger partial charge in [-0.3, -0.25) is 4.79 Å². The largest absolute Gasteiger partial charge is 0.481 e. The van der Waals surface area contributed by atoms with E-state index >= 15 is 0 Å². The maximum atomic E-state index is 10.7. The third-order valence-electron chi connectivity index (χ3n) is 3.99. The number of aliphatic carboxylic acids is 1. The summed E-state index contributed by atoms with van der Waals surface area (Å²) in [5.74, 6) is -0.330. The van der Waals surface area contributed by atoms with Crippen LogP contribution in [-0.2, 0) is 11.2 Å². The predicted octanol–water partition coefficient (Wildman–Crippen LogP) is 4.67. The van der Waals surface area contributed by atoms with Crippen molar-refractivity contribution in [1.82, 2.24) is 4.98 Å². The Hall–Kier alpha value is -2.85. The summed E-state index contributed by atoms with van der Waals surface area (Å²) >= 11 is 5.94. The van der Waals surface area contributed by atoms with Gasteiger partial charge in [-0.15, -0.1) is 0 Å². The van der Waals surface area contributed by atoms with Crippen LogP contribution in [-0.4, -0.2) is 16.1 Å². The van der Waals surface area contributed by atoms with Crippen molar-refractivity contribution in [3.63, 3.8) is 0 Å². The highest BCUT2D eigenvalue weighted by Crippen LogP contribution is 2.30. The number of benzene rings is 2. The van der Waals surface area contributed by atoms with Crippen molar-refractivity contribution >= 4 is 23.4 Å². The molecule has 3 rings (SSSR count). The van der Waals surface area contributed by atoms with Gasteiger partial charge in [-0.2, -0.15) is 0 Å². The van der Waals surface area contributed by atoms with E-state index in [9.17, 15) is 4.79 Å². The van der Waals surface area contributed by atoms with Crippen LogP contribution in [0.15, 0.2) is 60.8 Å². The first kappa shape index (κ1) is 17.0. The first-order valence-electron chi connectivity index (χ1n) is 7.85. The van der Waals surface area contributed by atoms with E-state index in [1.807, 2.05) is 54.6 Å². The quantitative estimate of drug-likeness (QED) is 0.699. The molecule has 0 fully saturated rings. The van der Waals surface area contributed by atoms with Crippen molar-refractivity contribution in [3.8, 4) is 22.3 Å². The van der Waals surface area contributed by atoms with Gasteiger partial charge in [-0.1, -0.05) is 48.0 Å². The molecule has 0 aliphatic carbocycles. The van der Waals surface area contributed by atoms with Crippen LogP contribution in [0.25, 0.3) is 22.3 Å². The number of nitrogen functional groups attached to an aromatic ring is 1. The van der Waals surface area contributed by atoms with Crippen molar-refractivity contribution in [2.75, 3.05) is 5.73 Å². The molecule has 0 aliphatic rings. The summed E-state index contributed by atoms with van der Waals surface area (Å²) in [6.07, 6.45) is 2.39. The molecule has 0 saturated heterocycles. The van der Waals surface area contributed by atoms with Crippen LogP contribution in [0.3, 0.4) is 0 Å². The van der Waals surface area contributed by atoms with Gasteiger partial charge >= 0.3 is 5.97 Å². The molecule has 4 nitrogen and oxygen atoms in total. The van der Waals surface area contributed by atoms with Crippen LogP contribution in [0.4, 0.5) is 5.82 Å². The fourth-order valence-corrected chi connectivity index (χ4v) is 2.73. The number of carboxylic acid groups (broad SMARTS) is 1. The van der Waals surface area contributed by atoms with Gasteiger partial charge < -0.3 is 10.8 Å². The van der Waals surface area contributed by atoms with Gasteiger partial charge in [0, 0.05) is 28.8 Å². The average Bonchev–Trinajstić information content (AvgIpc) is 2.62. The molecule has 126 valence electrons. The molecule has 1 aromatic heterocycles. The summed E-state index contributed by atoms with van der Waals surface area (Å²) in [6.45, 7) is 0. The lowest BCUT2D eigenvalue weighted by atomic mass is 9.99. The van der Waals surface area contributed by atoms with E-state index in [1.165, 1.54) is 0 Å². The first-order chi connectivity index (χ1) is 12.0. The van der Waals surface area contributed by atoms with Gasteiger partial charge in [-0.25, -0.2) is 4.98 Å². The van der Waals surface area contributed by atoms with Gasteiger partial charge in [0.1, 0.15) is 5.82 Å². The molecule has 0 saturated carbocycles. The monoisotopic (exact) mass is 352 g/mol. The Labute approximate surface area is 150 Å². The SMILES string of the molecule is Nc1ncc(-c2ccc(CCC(=O)O)cc2)cc1-c1ccc(Cl)cc1. The van der Waals surface area contributed by atoms with Crippen LogP contribution < -0.4 is 5.73 Å². The molecule has 0 bridgehead atoms. The fourth-order valence-electron chi connectivity index (χ4n) is 2.61. The molecule has 0 aliphatic heterocycles. The second-order valence-electron chi connectivity index (χ2n) is 5.75. The lowest BCUT2D eigenvalue weighted by Crippen LogP contribution is -1.97. The van der Waals surface area contributed by atoms with Gasteiger partial charge in [0.15, 0.2) is 0 Å². The van der Waals surface area contributed by atoms with E-state index in [-0.39, 0.29) is 6.42 Å². The molecule has 0 atom stereocenters. The van der Waals surface area contributed by atoms with Gasteiger partial charge in [-0.05, 0) is 41.3 Å². The maximum Gasteiger partial charge on any atom is 0.303 e. The topological polar surface area (TPSA) is 76.2 Å². The molecule has 0 unspecified atom stereocenters. The summed E-state index contributed by atoms with van der Waals surface area (Å²) in [4.78, 5) is 15.0. The van der Waals surface area contributed by atoms with Crippen LogP contribution in [0.2, 0.25) is 5.02 Å². The van der Waals surface area contributed by atoms with Crippen LogP contribution in [0.5, 0.6) is 0 Å². The molecule has 3 aromatic rings. The molecule has 0 spiro atoms. The van der Waals surface area contributed by atoms with Crippen LogP contribution in [0, 0.1) is 0 Å². The summed E-state index contributed by atoms with van der Waals surface area (Å²) in [5, 5.41) is 9.43. The van der Waals surface area contributed by atoms with E-state index in [4.69, 9.17) is 22.4 Å². The number of nitrogens with two attached hydrogens (primary N) is 1. The van der Waals surface area contributed by atoms with E-state index < -0.39 is 5.97 Å². The highest BCUT2D eigenvalue weighted by molar-refractivity contribution is 6.30. The van der Waals surface area contributed by atoms with Crippen LogP contribution in [0.1, 0.15) is 12.0 Å². The van der Waals surface area contributed by atoms with Gasteiger partial charge in [0.2, 0.25) is 0 Å². The lowest BCUT2D eigenvalue weighted by Gasteiger charge is -2.09. The van der Waals surface area contributed by atoms with E-state index in [0.29, 0.717) is 17.3 Å². The maximum absolute atomic E-state index is 10.7. The van der Waals surface area contributed by atoms with Gasteiger partial charge in [0.25, 0.3) is 0 Å². The zero-order chi connectivity index (χ0) is 17.8. The number of pyridine rings is 1. The molecule has 25 heavy (non-hydrogen) atoms. The summed E-state index contributed by atoms with van der Waals surface area (Å²) in [5.41, 5.74) is 10.8. The number of carboxylic acids is 1. The number of nitrogens with zero attached hydrogens (tertiary/aromatic N) is 1. The molecular formula is C20H17ClN2O2. The van der Waals surface area contributed by atoms with Crippen molar-refractivity contribution in [1.29, 1.82) is 0 Å². The molecule has 0 radical (unpaired) electrons. The molecule has 2 aromatic carbocycles. The summed E-state index contributed by atoms with van der Waals surface area (Å²) in [6, 6.07) is 17.3. The van der Waals surface area contributed by atoms with Crippen molar-refractivity contribution in [2.24, 2.45) is 0 Å². The second-order valence-corrected chi connectivity index (χ2v) is 6.19. The number of hydrogen-bond donors (Lipinski definition) is 2. The van der Waals surface area contributed by atoms with Crippen molar-refractivity contribution in [3.05, 3.63) is 71.4 Å². The highest BCUT2D eigenvalue weighted by atomic mass is 35.5. The number of hydrogen-bond acceptors (Lipinski definition) is 3. The predicted molar refractivity (Wildman–Crippen MR) is 100 cm³/mol. The smallest absolute Gasteiger partial charge is 0.303 e. The van der Waals surface area contributed by atoms with Crippen LogP contribution >= 0.6 is 11.6 Å². The third-order valence-corrected chi connectivity index (χ3v) is 4.24. The highest BCUT2D eigenvalue weighted by Gasteiger charge is 2.08. The molecule has 3 N–H and O–H groups in total.